The number of nitrogens with one attached hydrogen (secondary N) is 1. The summed E-state index contributed by atoms with van der Waals surface area (Å²) in [5.74, 6) is 0.160. The van der Waals surface area contributed by atoms with E-state index in [-0.39, 0.29) is 11.9 Å². The van der Waals surface area contributed by atoms with Crippen molar-refractivity contribution in [1.82, 2.24) is 10.3 Å². The van der Waals surface area contributed by atoms with Crippen LogP contribution in [0.15, 0.2) is 36.5 Å². The van der Waals surface area contributed by atoms with Crippen LogP contribution in [0.1, 0.15) is 26.7 Å². The number of pyridine rings is 1. The van der Waals surface area contributed by atoms with Gasteiger partial charge >= 0.3 is 0 Å². The first-order valence-corrected chi connectivity index (χ1v) is 7.58. The molecule has 3 rings (SSSR count). The zero-order valence-corrected chi connectivity index (χ0v) is 12.5. The summed E-state index contributed by atoms with van der Waals surface area (Å²) in [6.07, 6.45) is 3.70. The van der Waals surface area contributed by atoms with E-state index >= 15 is 0 Å². The van der Waals surface area contributed by atoms with Crippen LogP contribution in [0.4, 0.5) is 5.69 Å². The van der Waals surface area contributed by atoms with Gasteiger partial charge in [0, 0.05) is 24.2 Å². The van der Waals surface area contributed by atoms with Crippen LogP contribution >= 0.6 is 0 Å². The molecule has 0 saturated carbocycles. The lowest BCUT2D eigenvalue weighted by Gasteiger charge is -2.34. The number of hydrogen-bond acceptors (Lipinski definition) is 3. The van der Waals surface area contributed by atoms with E-state index in [2.05, 4.69) is 24.1 Å². The summed E-state index contributed by atoms with van der Waals surface area (Å²) in [5, 5.41) is 4.44. The monoisotopic (exact) mass is 283 g/mol. The maximum absolute atomic E-state index is 12.7. The number of carbonyl (C=O) groups is 1. The quantitative estimate of drug-likeness (QED) is 0.942. The highest BCUT2D eigenvalue weighted by atomic mass is 16.2. The smallest absolute Gasteiger partial charge is 0.244 e. The predicted octanol–water partition coefficient (Wildman–Crippen LogP) is 2.73. The van der Waals surface area contributed by atoms with E-state index in [0.717, 1.165) is 36.0 Å². The zero-order chi connectivity index (χ0) is 14.8. The number of carbonyl (C=O) groups excluding carboxylic acids is 1. The SMILES string of the molecule is CC(C)NC1CCCN(c2cccc3cccnc23)C1=O. The lowest BCUT2D eigenvalue weighted by molar-refractivity contribution is -0.121. The minimum Gasteiger partial charge on any atom is -0.309 e. The first-order valence-electron chi connectivity index (χ1n) is 7.58. The third-order valence-corrected chi connectivity index (χ3v) is 3.88. The average molecular weight is 283 g/mol. The van der Waals surface area contributed by atoms with Crippen LogP contribution in [0.2, 0.25) is 0 Å². The Morgan fingerprint density at radius 2 is 2.10 bits per heavy atom. The second kappa shape index (κ2) is 5.82. The molecule has 2 heterocycles. The summed E-state index contributed by atoms with van der Waals surface area (Å²) in [7, 11) is 0. The molecule has 1 unspecified atom stereocenters. The number of aromatic nitrogens is 1. The van der Waals surface area contributed by atoms with Crippen LogP contribution in [0, 0.1) is 0 Å². The molecular weight excluding hydrogens is 262 g/mol. The summed E-state index contributed by atoms with van der Waals surface area (Å²) in [6.45, 7) is 4.92. The van der Waals surface area contributed by atoms with Gasteiger partial charge in [0.25, 0.3) is 0 Å². The van der Waals surface area contributed by atoms with Crippen molar-refractivity contribution in [3.05, 3.63) is 36.5 Å². The summed E-state index contributed by atoms with van der Waals surface area (Å²) >= 11 is 0. The van der Waals surface area contributed by atoms with Crippen molar-refractivity contribution in [1.29, 1.82) is 0 Å². The van der Waals surface area contributed by atoms with Gasteiger partial charge in [-0.3, -0.25) is 9.78 Å². The maximum Gasteiger partial charge on any atom is 0.244 e. The van der Waals surface area contributed by atoms with Gasteiger partial charge in [0.05, 0.1) is 17.2 Å². The zero-order valence-electron chi connectivity index (χ0n) is 12.5. The number of benzene rings is 1. The van der Waals surface area contributed by atoms with Gasteiger partial charge in [0.1, 0.15) is 0 Å². The molecule has 0 radical (unpaired) electrons. The topological polar surface area (TPSA) is 45.2 Å². The number of nitrogens with zero attached hydrogens (tertiary/aromatic N) is 2. The van der Waals surface area contributed by atoms with E-state index in [0.29, 0.717) is 6.04 Å². The van der Waals surface area contributed by atoms with Crippen molar-refractivity contribution in [3.63, 3.8) is 0 Å². The number of hydrogen-bond donors (Lipinski definition) is 1. The fraction of sp³-hybridized carbons (Fsp3) is 0.412. The minimum atomic E-state index is -0.0854. The molecule has 1 aliphatic rings. The molecule has 1 amide bonds. The second-order valence-corrected chi connectivity index (χ2v) is 5.86. The van der Waals surface area contributed by atoms with Gasteiger partial charge in [0.2, 0.25) is 5.91 Å². The Bertz CT molecular complexity index is 648. The molecule has 0 spiro atoms. The van der Waals surface area contributed by atoms with Gasteiger partial charge in [-0.1, -0.05) is 32.0 Å². The van der Waals surface area contributed by atoms with Crippen LogP contribution in [0.3, 0.4) is 0 Å². The largest absolute Gasteiger partial charge is 0.309 e. The third-order valence-electron chi connectivity index (χ3n) is 3.88. The normalized spacial score (nSPS) is 19.5. The molecule has 1 atom stereocenters. The molecule has 2 aromatic rings. The summed E-state index contributed by atoms with van der Waals surface area (Å²) < 4.78 is 0. The van der Waals surface area contributed by atoms with Gasteiger partial charge in [-0.15, -0.1) is 0 Å². The Balaban J connectivity index is 1.96. The standard InChI is InChI=1S/C17H21N3O/c1-12(2)19-14-8-5-11-20(17(14)21)15-9-3-6-13-7-4-10-18-16(13)15/h3-4,6-7,9-10,12,14,19H,5,8,11H2,1-2H3. The van der Waals surface area contributed by atoms with E-state index in [1.165, 1.54) is 0 Å². The Morgan fingerprint density at radius 3 is 2.90 bits per heavy atom. The Labute approximate surface area is 125 Å². The first-order chi connectivity index (χ1) is 10.2. The molecule has 1 aromatic heterocycles. The molecule has 1 fully saturated rings. The number of anilines is 1. The average Bonchev–Trinajstić information content (AvgIpc) is 2.49. The van der Waals surface area contributed by atoms with E-state index in [4.69, 9.17) is 0 Å². The molecule has 1 aromatic carbocycles. The molecular formula is C17H21N3O. The summed E-state index contributed by atoms with van der Waals surface area (Å²) in [6, 6.07) is 10.2. The van der Waals surface area contributed by atoms with Crippen molar-refractivity contribution in [2.75, 3.05) is 11.4 Å². The third kappa shape index (κ3) is 2.76. The highest BCUT2D eigenvalue weighted by Gasteiger charge is 2.30. The lowest BCUT2D eigenvalue weighted by Crippen LogP contribution is -2.52. The van der Waals surface area contributed by atoms with Gasteiger partial charge in [-0.05, 0) is 25.0 Å². The van der Waals surface area contributed by atoms with Gasteiger partial charge in [0.15, 0.2) is 0 Å². The molecule has 0 aliphatic carbocycles. The van der Waals surface area contributed by atoms with Crippen molar-refractivity contribution < 1.29 is 4.79 Å². The summed E-state index contributed by atoms with van der Waals surface area (Å²) in [5.41, 5.74) is 1.83. The first kappa shape index (κ1) is 14.0. The van der Waals surface area contributed by atoms with Crippen molar-refractivity contribution in [2.24, 2.45) is 0 Å². The molecule has 1 saturated heterocycles. The number of fused-ring (bicyclic) bond motifs is 1. The molecule has 1 N–H and O–H groups in total. The molecule has 4 heteroatoms. The van der Waals surface area contributed by atoms with E-state index in [1.807, 2.05) is 35.2 Å². The number of amides is 1. The maximum atomic E-state index is 12.7. The van der Waals surface area contributed by atoms with Gasteiger partial charge < -0.3 is 10.2 Å². The molecule has 110 valence electrons. The second-order valence-electron chi connectivity index (χ2n) is 5.86. The lowest BCUT2D eigenvalue weighted by atomic mass is 10.0. The highest BCUT2D eigenvalue weighted by molar-refractivity contribution is 6.04. The Kier molecular flexibility index (Phi) is 3.88. The van der Waals surface area contributed by atoms with Crippen molar-refractivity contribution >= 4 is 22.5 Å². The molecule has 1 aliphatic heterocycles. The van der Waals surface area contributed by atoms with Crippen LogP contribution < -0.4 is 10.2 Å². The van der Waals surface area contributed by atoms with Crippen LogP contribution in [0.25, 0.3) is 10.9 Å². The predicted molar refractivity (Wildman–Crippen MR) is 85.4 cm³/mol. The number of piperidine rings is 1. The fourth-order valence-electron chi connectivity index (χ4n) is 2.98. The molecule has 0 bridgehead atoms. The Hall–Kier alpha value is -1.94. The van der Waals surface area contributed by atoms with Crippen molar-refractivity contribution in [3.8, 4) is 0 Å². The van der Waals surface area contributed by atoms with E-state index in [1.54, 1.807) is 6.20 Å². The number of rotatable bonds is 3. The van der Waals surface area contributed by atoms with Crippen LogP contribution in [-0.4, -0.2) is 29.5 Å². The number of para-hydroxylation sites is 1. The molecule has 21 heavy (non-hydrogen) atoms. The van der Waals surface area contributed by atoms with E-state index < -0.39 is 0 Å². The fourth-order valence-corrected chi connectivity index (χ4v) is 2.98. The molecule has 4 nitrogen and oxygen atoms in total. The minimum absolute atomic E-state index is 0.0854. The summed E-state index contributed by atoms with van der Waals surface area (Å²) in [4.78, 5) is 19.1. The van der Waals surface area contributed by atoms with Crippen LogP contribution in [0.5, 0.6) is 0 Å². The van der Waals surface area contributed by atoms with Crippen LogP contribution in [-0.2, 0) is 4.79 Å². The Morgan fingerprint density at radius 1 is 1.29 bits per heavy atom. The highest BCUT2D eigenvalue weighted by Crippen LogP contribution is 2.28. The van der Waals surface area contributed by atoms with Crippen molar-refractivity contribution in [2.45, 2.75) is 38.8 Å². The van der Waals surface area contributed by atoms with Gasteiger partial charge in [-0.25, -0.2) is 0 Å². The van der Waals surface area contributed by atoms with Gasteiger partial charge in [-0.2, -0.15) is 0 Å². The van der Waals surface area contributed by atoms with E-state index in [9.17, 15) is 4.79 Å².